The van der Waals surface area contributed by atoms with Gasteiger partial charge in [0.25, 0.3) is 0 Å². The van der Waals surface area contributed by atoms with E-state index in [2.05, 4.69) is 9.88 Å². The number of carboxylic acid groups (broad SMARTS) is 1. The third-order valence-corrected chi connectivity index (χ3v) is 4.99. The predicted molar refractivity (Wildman–Crippen MR) is 76.6 cm³/mol. The number of hydrogen-bond acceptors (Lipinski definition) is 3. The van der Waals surface area contributed by atoms with E-state index in [1.807, 2.05) is 6.07 Å². The molecule has 0 aromatic carbocycles. The Morgan fingerprint density at radius 2 is 2.10 bits per heavy atom. The van der Waals surface area contributed by atoms with E-state index in [1.54, 1.807) is 12.4 Å². The summed E-state index contributed by atoms with van der Waals surface area (Å²) >= 11 is 6.19. The zero-order valence-electron chi connectivity index (χ0n) is 11.3. The standard InChI is InChI=1S/C15H19ClN2O2/c16-14-8-17-4-3-11(14)9-18-12-1-2-13(18)6-10(5-12)7-15(19)20/h3-4,8,10,12-13H,1-2,5-7,9H2,(H,19,20). The van der Waals surface area contributed by atoms with Crippen LogP contribution >= 0.6 is 11.6 Å². The Balaban J connectivity index is 1.68. The molecule has 3 rings (SSSR count). The van der Waals surface area contributed by atoms with Crippen molar-refractivity contribution in [2.24, 2.45) is 5.92 Å². The smallest absolute Gasteiger partial charge is 0.303 e. The van der Waals surface area contributed by atoms with Gasteiger partial charge in [-0.1, -0.05) is 11.6 Å². The van der Waals surface area contributed by atoms with Crippen molar-refractivity contribution in [2.45, 2.75) is 50.7 Å². The van der Waals surface area contributed by atoms with Crippen molar-refractivity contribution in [1.29, 1.82) is 0 Å². The minimum Gasteiger partial charge on any atom is -0.481 e. The van der Waals surface area contributed by atoms with Crippen molar-refractivity contribution >= 4 is 17.6 Å². The van der Waals surface area contributed by atoms with Crippen LogP contribution in [0.3, 0.4) is 0 Å². The molecule has 1 aromatic rings. The van der Waals surface area contributed by atoms with Gasteiger partial charge in [-0.05, 0) is 43.2 Å². The van der Waals surface area contributed by atoms with Gasteiger partial charge < -0.3 is 5.11 Å². The van der Waals surface area contributed by atoms with E-state index in [4.69, 9.17) is 16.7 Å². The molecule has 0 amide bonds. The Kier molecular flexibility index (Phi) is 3.94. The summed E-state index contributed by atoms with van der Waals surface area (Å²) in [6.45, 7) is 0.858. The number of aromatic nitrogens is 1. The fraction of sp³-hybridized carbons (Fsp3) is 0.600. The van der Waals surface area contributed by atoms with Gasteiger partial charge >= 0.3 is 5.97 Å². The molecule has 2 bridgehead atoms. The quantitative estimate of drug-likeness (QED) is 0.927. The summed E-state index contributed by atoms with van der Waals surface area (Å²) in [5.74, 6) is -0.325. The van der Waals surface area contributed by atoms with Gasteiger partial charge in [0.1, 0.15) is 0 Å². The summed E-state index contributed by atoms with van der Waals surface area (Å²) in [6, 6.07) is 3.01. The highest BCUT2D eigenvalue weighted by atomic mass is 35.5. The predicted octanol–water partition coefficient (Wildman–Crippen LogP) is 2.95. The summed E-state index contributed by atoms with van der Waals surface area (Å²) in [7, 11) is 0. The molecule has 0 aliphatic carbocycles. The molecule has 5 heteroatoms. The lowest BCUT2D eigenvalue weighted by atomic mass is 9.88. The molecule has 2 fully saturated rings. The molecule has 108 valence electrons. The van der Waals surface area contributed by atoms with Gasteiger partial charge in [-0.3, -0.25) is 14.7 Å². The molecule has 20 heavy (non-hydrogen) atoms. The number of halogens is 1. The van der Waals surface area contributed by atoms with Crippen molar-refractivity contribution in [1.82, 2.24) is 9.88 Å². The van der Waals surface area contributed by atoms with Crippen LogP contribution in [0.5, 0.6) is 0 Å². The first-order valence-electron chi connectivity index (χ1n) is 7.19. The molecule has 4 nitrogen and oxygen atoms in total. The van der Waals surface area contributed by atoms with Crippen molar-refractivity contribution < 1.29 is 9.90 Å². The van der Waals surface area contributed by atoms with Crippen LogP contribution in [0.2, 0.25) is 5.02 Å². The maximum Gasteiger partial charge on any atom is 0.303 e. The Labute approximate surface area is 123 Å². The lowest BCUT2D eigenvalue weighted by Gasteiger charge is -2.38. The molecule has 0 saturated carbocycles. The van der Waals surface area contributed by atoms with Crippen molar-refractivity contribution in [2.75, 3.05) is 0 Å². The Morgan fingerprint density at radius 3 is 2.70 bits per heavy atom. The summed E-state index contributed by atoms with van der Waals surface area (Å²) in [5.41, 5.74) is 1.12. The minimum atomic E-state index is -0.667. The number of piperidine rings is 1. The van der Waals surface area contributed by atoms with E-state index < -0.39 is 5.97 Å². The van der Waals surface area contributed by atoms with Crippen LogP contribution in [0.1, 0.15) is 37.7 Å². The molecular weight excluding hydrogens is 276 g/mol. The topological polar surface area (TPSA) is 53.4 Å². The molecule has 0 spiro atoms. The SMILES string of the molecule is O=C(O)CC1CC2CCC(C1)N2Cc1ccncc1Cl. The number of rotatable bonds is 4. The Hall–Kier alpha value is -1.13. The Morgan fingerprint density at radius 1 is 1.40 bits per heavy atom. The first-order chi connectivity index (χ1) is 9.63. The van der Waals surface area contributed by atoms with E-state index >= 15 is 0 Å². The van der Waals surface area contributed by atoms with Gasteiger partial charge in [0.05, 0.1) is 5.02 Å². The highest BCUT2D eigenvalue weighted by Crippen LogP contribution is 2.41. The summed E-state index contributed by atoms with van der Waals surface area (Å²) in [5, 5.41) is 9.68. The van der Waals surface area contributed by atoms with E-state index in [-0.39, 0.29) is 0 Å². The molecule has 3 heterocycles. The van der Waals surface area contributed by atoms with E-state index in [9.17, 15) is 4.79 Å². The van der Waals surface area contributed by atoms with Crippen LogP contribution in [0.4, 0.5) is 0 Å². The van der Waals surface area contributed by atoms with Gasteiger partial charge in [-0.25, -0.2) is 0 Å². The zero-order chi connectivity index (χ0) is 14.1. The molecule has 2 aliphatic rings. The average molecular weight is 295 g/mol. The lowest BCUT2D eigenvalue weighted by molar-refractivity contribution is -0.138. The van der Waals surface area contributed by atoms with Gasteiger partial charge in [0, 0.05) is 37.4 Å². The number of carboxylic acids is 1. The molecular formula is C15H19ClN2O2. The molecule has 2 aliphatic heterocycles. The normalized spacial score (nSPS) is 29.6. The van der Waals surface area contributed by atoms with Gasteiger partial charge in [-0.15, -0.1) is 0 Å². The average Bonchev–Trinajstić information content (AvgIpc) is 2.63. The van der Waals surface area contributed by atoms with Crippen LogP contribution in [-0.2, 0) is 11.3 Å². The zero-order valence-corrected chi connectivity index (χ0v) is 12.1. The van der Waals surface area contributed by atoms with Gasteiger partial charge in [0.15, 0.2) is 0 Å². The number of pyridine rings is 1. The Bertz CT molecular complexity index is 494. The van der Waals surface area contributed by atoms with Crippen LogP contribution in [0.25, 0.3) is 0 Å². The monoisotopic (exact) mass is 294 g/mol. The summed E-state index contributed by atoms with van der Waals surface area (Å²) < 4.78 is 0. The fourth-order valence-electron chi connectivity index (χ4n) is 3.79. The van der Waals surface area contributed by atoms with Gasteiger partial charge in [0.2, 0.25) is 0 Å². The second-order valence-electron chi connectivity index (χ2n) is 5.96. The van der Waals surface area contributed by atoms with Crippen LogP contribution in [0.15, 0.2) is 18.5 Å². The summed E-state index contributed by atoms with van der Waals surface area (Å²) in [6.07, 6.45) is 8.16. The number of aliphatic carboxylic acids is 1. The van der Waals surface area contributed by atoms with Crippen LogP contribution in [0, 0.1) is 5.92 Å². The van der Waals surface area contributed by atoms with E-state index in [0.717, 1.165) is 30.0 Å². The third kappa shape index (κ3) is 2.81. The van der Waals surface area contributed by atoms with Crippen molar-refractivity contribution in [3.8, 4) is 0 Å². The molecule has 2 saturated heterocycles. The van der Waals surface area contributed by atoms with E-state index in [0.29, 0.717) is 24.4 Å². The first kappa shape index (κ1) is 13.8. The lowest BCUT2D eigenvalue weighted by Crippen LogP contribution is -2.42. The summed E-state index contributed by atoms with van der Waals surface area (Å²) in [4.78, 5) is 17.4. The van der Waals surface area contributed by atoms with Gasteiger partial charge in [-0.2, -0.15) is 0 Å². The van der Waals surface area contributed by atoms with Crippen molar-refractivity contribution in [3.63, 3.8) is 0 Å². The van der Waals surface area contributed by atoms with E-state index in [1.165, 1.54) is 12.8 Å². The number of carbonyl (C=O) groups is 1. The highest BCUT2D eigenvalue weighted by molar-refractivity contribution is 6.31. The molecule has 1 aromatic heterocycles. The number of nitrogens with zero attached hydrogens (tertiary/aromatic N) is 2. The largest absolute Gasteiger partial charge is 0.481 e. The third-order valence-electron chi connectivity index (χ3n) is 4.65. The van der Waals surface area contributed by atoms with Crippen LogP contribution < -0.4 is 0 Å². The maximum absolute atomic E-state index is 10.9. The highest BCUT2D eigenvalue weighted by Gasteiger charge is 2.41. The molecule has 1 N–H and O–H groups in total. The maximum atomic E-state index is 10.9. The molecule has 0 radical (unpaired) electrons. The second-order valence-corrected chi connectivity index (χ2v) is 6.37. The molecule has 2 atom stereocenters. The number of fused-ring (bicyclic) bond motifs is 2. The first-order valence-corrected chi connectivity index (χ1v) is 7.57. The van der Waals surface area contributed by atoms with Crippen molar-refractivity contribution in [3.05, 3.63) is 29.0 Å². The fourth-order valence-corrected chi connectivity index (χ4v) is 3.97. The van der Waals surface area contributed by atoms with Crippen LogP contribution in [-0.4, -0.2) is 33.0 Å². The minimum absolute atomic E-state index is 0.316. The molecule has 2 unspecified atom stereocenters. The second kappa shape index (κ2) is 5.70. The number of hydrogen-bond donors (Lipinski definition) is 1.